The van der Waals surface area contributed by atoms with E-state index in [4.69, 9.17) is 26.2 Å². The molecule has 0 aliphatic carbocycles. The number of carbonyl (C=O) groups excluding carboxylic acids is 2. The molecule has 0 aliphatic rings. The van der Waals surface area contributed by atoms with Crippen LogP contribution < -0.4 is 9.47 Å². The van der Waals surface area contributed by atoms with Gasteiger partial charge in [0.05, 0.1) is 39.1 Å². The molecular formula is C50H41ClF16O6S2. The van der Waals surface area contributed by atoms with Gasteiger partial charge in [-0.1, -0.05) is 73.8 Å². The zero-order valence-corrected chi connectivity index (χ0v) is 40.7. The summed E-state index contributed by atoms with van der Waals surface area (Å²) in [4.78, 5) is 22.1. The number of alkyl halides is 16. The zero-order chi connectivity index (χ0) is 56.3. The van der Waals surface area contributed by atoms with E-state index in [2.05, 4.69) is 17.9 Å². The molecule has 6 nitrogen and oxygen atoms in total. The second kappa shape index (κ2) is 24.9. The Bertz CT molecular complexity index is 2860. The predicted octanol–water partition coefficient (Wildman–Crippen LogP) is 16.2. The van der Waals surface area contributed by atoms with Crippen LogP contribution in [0.3, 0.4) is 0 Å². The third kappa shape index (κ3) is 14.6. The first-order chi connectivity index (χ1) is 34.8. The van der Waals surface area contributed by atoms with E-state index in [1.807, 2.05) is 72.8 Å². The number of aliphatic hydroxyl groups is 1. The molecule has 75 heavy (non-hydrogen) atoms. The van der Waals surface area contributed by atoms with Crippen LogP contribution >= 0.6 is 34.3 Å². The summed E-state index contributed by atoms with van der Waals surface area (Å²) in [5, 5.41) is 9.48. The molecule has 0 saturated heterocycles. The maximum atomic E-state index is 14.1. The predicted molar refractivity (Wildman–Crippen MR) is 253 cm³/mol. The van der Waals surface area contributed by atoms with Crippen LogP contribution in [-0.2, 0) is 14.3 Å². The van der Waals surface area contributed by atoms with E-state index in [0.29, 0.717) is 15.5 Å². The van der Waals surface area contributed by atoms with Crippen molar-refractivity contribution in [1.82, 2.24) is 0 Å². The van der Waals surface area contributed by atoms with E-state index in [1.54, 1.807) is 12.1 Å². The Morgan fingerprint density at radius 1 is 0.493 bits per heavy atom. The van der Waals surface area contributed by atoms with Crippen LogP contribution in [0, 0.1) is 0 Å². The molecule has 4 aromatic carbocycles. The molecule has 0 fully saturated rings. The smallest absolute Gasteiger partial charge is 0.378 e. The third-order valence-electron chi connectivity index (χ3n) is 10.5. The number of ether oxygens (including phenoxy) is 3. The molecule has 0 saturated carbocycles. The molecule has 0 spiro atoms. The van der Waals surface area contributed by atoms with Gasteiger partial charge in [-0.2, -0.15) is 70.2 Å². The molecule has 2 aromatic heterocycles. The minimum atomic E-state index is -6.45. The quantitative estimate of drug-likeness (QED) is 0.0298. The van der Waals surface area contributed by atoms with Crippen molar-refractivity contribution in [3.63, 3.8) is 0 Å². The highest BCUT2D eigenvalue weighted by Crippen LogP contribution is 2.56. The summed E-state index contributed by atoms with van der Waals surface area (Å²) >= 11 is 7.43. The number of halogens is 17. The Labute approximate surface area is 429 Å². The van der Waals surface area contributed by atoms with Crippen molar-refractivity contribution in [2.24, 2.45) is 0 Å². The molecule has 1 N–H and O–H groups in total. The minimum absolute atomic E-state index is 0.00852. The first-order valence-electron chi connectivity index (χ1n) is 21.5. The summed E-state index contributed by atoms with van der Waals surface area (Å²) in [6.45, 7) is 0.759. The maximum absolute atomic E-state index is 14.1. The molecule has 0 amide bonds. The Kier molecular flexibility index (Phi) is 20.5. The Morgan fingerprint density at radius 3 is 1.15 bits per heavy atom. The number of aliphatic hydroxyl groups excluding tert-OH is 1. The highest BCUT2D eigenvalue weighted by molar-refractivity contribution is 7.22. The van der Waals surface area contributed by atoms with Gasteiger partial charge in [-0.05, 0) is 88.1 Å². The molecule has 408 valence electrons. The van der Waals surface area contributed by atoms with Crippen molar-refractivity contribution >= 4 is 65.7 Å². The maximum Gasteiger partial charge on any atom is 0.378 e. The summed E-state index contributed by atoms with van der Waals surface area (Å²) in [6, 6.07) is 31.4. The molecule has 6 aromatic rings. The van der Waals surface area contributed by atoms with Crippen LogP contribution in [-0.4, -0.2) is 90.1 Å². The number of hydrogen-bond donors (Lipinski definition) is 1. The SMILES string of the molecule is C=CC(=O)Cl.C=CC(=O)OCCC(F)(F)C(F)(F)C(F)(F)C(F)(F)CCOc1ccc2cc(-c3ccccc3)sc2c1.OCCC(F)(F)C(F)(F)C(F)(F)C(F)(F)CCOc1ccc2cc(-c3ccccc3)sc2c1. The van der Waals surface area contributed by atoms with Gasteiger partial charge in [0.2, 0.25) is 5.24 Å². The molecule has 0 bridgehead atoms. The van der Waals surface area contributed by atoms with E-state index >= 15 is 0 Å². The highest BCUT2D eigenvalue weighted by Gasteiger charge is 2.81. The molecule has 6 rings (SSSR count). The topological polar surface area (TPSA) is 82.1 Å². The standard InChI is InChI=1S/C25H20F8O3S.C22H18F8O2S.C3H3ClO/c1-2-21(34)36-13-11-23(28,29)25(32,33)24(30,31)22(26,27)10-12-35-18-9-8-17-14-19(37-20(17)15-18)16-6-4-3-5-7-16;23-19(24,8-10-31)21(27,28)22(29,30)20(25,26)9-11-32-16-7-6-15-12-17(33-18(15)13-16)14-4-2-1-3-5-14;1-2-3(4)5/h2-9,14-15H,1,10-13H2;1-7,12-13,31H,8-11H2;2H,1H2. The van der Waals surface area contributed by atoms with Gasteiger partial charge in [0.15, 0.2) is 0 Å². The number of benzene rings is 4. The second-order valence-electron chi connectivity index (χ2n) is 15.8. The van der Waals surface area contributed by atoms with Crippen LogP contribution in [0.15, 0.2) is 135 Å². The molecule has 0 aliphatic heterocycles. The van der Waals surface area contributed by atoms with Crippen molar-refractivity contribution in [3.8, 4) is 32.4 Å². The summed E-state index contributed by atoms with van der Waals surface area (Å²) in [5.74, 6) is -49.1. The van der Waals surface area contributed by atoms with Crippen LogP contribution in [0.2, 0.25) is 0 Å². The summed E-state index contributed by atoms with van der Waals surface area (Å²) < 4.78 is 237. The number of allylic oxidation sites excluding steroid dienone is 1. The molecule has 25 heteroatoms. The monoisotopic (exact) mass is 1140 g/mol. The Hall–Kier alpha value is -5.85. The van der Waals surface area contributed by atoms with E-state index in [9.17, 15) is 79.8 Å². The van der Waals surface area contributed by atoms with Crippen molar-refractivity contribution in [2.45, 2.75) is 73.1 Å². The van der Waals surface area contributed by atoms with E-state index in [0.717, 1.165) is 37.7 Å². The lowest BCUT2D eigenvalue weighted by atomic mass is 9.95. The number of carbonyl (C=O) groups is 2. The first-order valence-corrected chi connectivity index (χ1v) is 23.5. The fourth-order valence-corrected chi connectivity index (χ4v) is 8.51. The number of hydrogen-bond acceptors (Lipinski definition) is 8. The number of fused-ring (bicyclic) bond motifs is 2. The molecule has 2 heterocycles. The van der Waals surface area contributed by atoms with Crippen molar-refractivity contribution in [1.29, 1.82) is 0 Å². The summed E-state index contributed by atoms with van der Waals surface area (Å²) in [6.07, 6.45) is -6.52. The highest BCUT2D eigenvalue weighted by atomic mass is 35.5. The molecule has 0 radical (unpaired) electrons. The normalized spacial score (nSPS) is 12.8. The summed E-state index contributed by atoms with van der Waals surface area (Å²) in [5.41, 5.74) is 1.88. The number of thiophene rings is 2. The molecular weight excluding hydrogens is 1100 g/mol. The van der Waals surface area contributed by atoms with E-state index < -0.39 is 111 Å². The van der Waals surface area contributed by atoms with Gasteiger partial charge in [-0.15, -0.1) is 22.7 Å². The van der Waals surface area contributed by atoms with Gasteiger partial charge >= 0.3 is 53.3 Å². The van der Waals surface area contributed by atoms with Crippen LogP contribution in [0.1, 0.15) is 25.7 Å². The van der Waals surface area contributed by atoms with Gasteiger partial charge in [0.1, 0.15) is 11.5 Å². The average Bonchev–Trinajstić information content (AvgIpc) is 3.99. The summed E-state index contributed by atoms with van der Waals surface area (Å²) in [7, 11) is 0. The average molecular weight is 1140 g/mol. The van der Waals surface area contributed by atoms with Crippen molar-refractivity contribution in [3.05, 3.63) is 135 Å². The first kappa shape index (κ1) is 61.7. The molecule has 0 unspecified atom stereocenters. The van der Waals surface area contributed by atoms with Gasteiger partial charge in [-0.25, -0.2) is 4.79 Å². The van der Waals surface area contributed by atoms with Crippen molar-refractivity contribution < 1.29 is 99.2 Å². The number of esters is 1. The lowest BCUT2D eigenvalue weighted by molar-refractivity contribution is -0.368. The fourth-order valence-electron chi connectivity index (χ4n) is 6.31. The Balaban J connectivity index is 0.000000299. The largest absolute Gasteiger partial charge is 0.493 e. The van der Waals surface area contributed by atoms with Crippen LogP contribution in [0.4, 0.5) is 70.2 Å². The van der Waals surface area contributed by atoms with Crippen LogP contribution in [0.5, 0.6) is 11.5 Å². The molecule has 0 atom stereocenters. The van der Waals surface area contributed by atoms with E-state index in [-0.39, 0.29) is 11.5 Å². The van der Waals surface area contributed by atoms with Crippen molar-refractivity contribution in [2.75, 3.05) is 26.4 Å². The van der Waals surface area contributed by atoms with Crippen LogP contribution in [0.25, 0.3) is 41.1 Å². The minimum Gasteiger partial charge on any atom is -0.493 e. The third-order valence-corrected chi connectivity index (χ3v) is 13.0. The van der Waals surface area contributed by atoms with Gasteiger partial charge in [0.25, 0.3) is 0 Å². The lowest BCUT2D eigenvalue weighted by Gasteiger charge is -2.36. The number of rotatable bonds is 23. The van der Waals surface area contributed by atoms with E-state index in [1.165, 1.54) is 46.9 Å². The van der Waals surface area contributed by atoms with Gasteiger partial charge < -0.3 is 19.3 Å². The lowest BCUT2D eigenvalue weighted by Crippen LogP contribution is -2.62. The second-order valence-corrected chi connectivity index (χ2v) is 18.3. The Morgan fingerprint density at radius 2 is 0.827 bits per heavy atom. The fraction of sp³-hybridized carbons (Fsp3) is 0.320. The van der Waals surface area contributed by atoms with Gasteiger partial charge in [0, 0.05) is 38.3 Å². The zero-order valence-electron chi connectivity index (χ0n) is 38.3. The van der Waals surface area contributed by atoms with Gasteiger partial charge in [-0.3, -0.25) is 4.79 Å².